The lowest BCUT2D eigenvalue weighted by Gasteiger charge is -2.38. The number of carbonyl (C=O) groups excluding carboxylic acids is 1. The van der Waals surface area contributed by atoms with Crippen LogP contribution in [0.15, 0.2) is 0 Å². The first kappa shape index (κ1) is 17.0. The summed E-state index contributed by atoms with van der Waals surface area (Å²) < 4.78 is 0. The van der Waals surface area contributed by atoms with Crippen molar-refractivity contribution in [1.82, 2.24) is 4.90 Å². The van der Waals surface area contributed by atoms with E-state index in [0.29, 0.717) is 11.8 Å². The highest BCUT2D eigenvalue weighted by Gasteiger charge is 2.31. The molecule has 0 saturated heterocycles. The van der Waals surface area contributed by atoms with E-state index < -0.39 is 0 Å². The van der Waals surface area contributed by atoms with Crippen LogP contribution in [-0.4, -0.2) is 41.5 Å². The Bertz CT molecular complexity index is 312. The summed E-state index contributed by atoms with van der Waals surface area (Å²) in [6.45, 7) is 4.10. The molecule has 122 valence electrons. The van der Waals surface area contributed by atoms with Crippen molar-refractivity contribution in [3.05, 3.63) is 0 Å². The summed E-state index contributed by atoms with van der Waals surface area (Å²) in [6.07, 6.45) is 11.9. The van der Waals surface area contributed by atoms with Gasteiger partial charge in [0.05, 0.1) is 6.61 Å². The van der Waals surface area contributed by atoms with Crippen molar-refractivity contribution in [3.63, 3.8) is 0 Å². The van der Waals surface area contributed by atoms with Crippen LogP contribution < -0.4 is 0 Å². The number of hydrogen-bond acceptors (Lipinski definition) is 3. The van der Waals surface area contributed by atoms with E-state index in [1.807, 2.05) is 0 Å². The number of Topliss-reactive ketones (excluding diaryl/α,β-unsaturated/α-hetero) is 1. The smallest absolute Gasteiger partial charge is 0.137 e. The van der Waals surface area contributed by atoms with Crippen LogP contribution in [0.4, 0.5) is 0 Å². The van der Waals surface area contributed by atoms with Crippen molar-refractivity contribution in [2.24, 2.45) is 11.8 Å². The third-order valence-electron chi connectivity index (χ3n) is 5.50. The lowest BCUT2D eigenvalue weighted by atomic mass is 9.78. The van der Waals surface area contributed by atoms with Crippen LogP contribution in [0.3, 0.4) is 0 Å². The fourth-order valence-corrected chi connectivity index (χ4v) is 4.33. The van der Waals surface area contributed by atoms with Crippen molar-refractivity contribution < 1.29 is 9.90 Å². The Kier molecular flexibility index (Phi) is 7.18. The molecule has 2 saturated carbocycles. The van der Waals surface area contributed by atoms with E-state index in [0.717, 1.165) is 38.3 Å². The highest BCUT2D eigenvalue weighted by atomic mass is 16.3. The fraction of sp³-hybridized carbons (Fsp3) is 0.944. The Morgan fingerprint density at radius 2 is 1.95 bits per heavy atom. The molecule has 0 aromatic carbocycles. The molecule has 21 heavy (non-hydrogen) atoms. The third kappa shape index (κ3) is 5.07. The number of nitrogens with zero attached hydrogens (tertiary/aromatic N) is 1. The highest BCUT2D eigenvalue weighted by Crippen LogP contribution is 2.31. The monoisotopic (exact) mass is 295 g/mol. The molecule has 3 heteroatoms. The van der Waals surface area contributed by atoms with Gasteiger partial charge >= 0.3 is 0 Å². The molecule has 0 bridgehead atoms. The molecule has 0 heterocycles. The van der Waals surface area contributed by atoms with E-state index in [2.05, 4.69) is 11.8 Å². The minimum absolute atomic E-state index is 0.218. The van der Waals surface area contributed by atoms with Crippen LogP contribution in [0.2, 0.25) is 0 Å². The largest absolute Gasteiger partial charge is 0.395 e. The lowest BCUT2D eigenvalue weighted by Crippen LogP contribution is -2.44. The van der Waals surface area contributed by atoms with Gasteiger partial charge in [-0.25, -0.2) is 0 Å². The van der Waals surface area contributed by atoms with E-state index in [9.17, 15) is 9.90 Å². The predicted octanol–water partition coefficient (Wildman–Crippen LogP) is 3.40. The first-order chi connectivity index (χ1) is 10.2. The number of ketones is 1. The van der Waals surface area contributed by atoms with Gasteiger partial charge in [-0.2, -0.15) is 0 Å². The average molecular weight is 295 g/mol. The first-order valence-electron chi connectivity index (χ1n) is 9.12. The summed E-state index contributed by atoms with van der Waals surface area (Å²) in [4.78, 5) is 14.7. The SMILES string of the molecule is CCCC1CCC(=O)C(CN(CCO)C2CCCCC2)C1. The van der Waals surface area contributed by atoms with E-state index in [1.165, 1.54) is 44.9 Å². The Morgan fingerprint density at radius 3 is 2.62 bits per heavy atom. The molecule has 2 aliphatic rings. The topological polar surface area (TPSA) is 40.5 Å². The third-order valence-corrected chi connectivity index (χ3v) is 5.50. The molecule has 2 fully saturated rings. The van der Waals surface area contributed by atoms with E-state index in [-0.39, 0.29) is 12.5 Å². The standard InChI is InChI=1S/C18H33NO2/c1-2-6-15-9-10-18(21)16(13-15)14-19(11-12-20)17-7-4-3-5-8-17/h15-17,20H,2-14H2,1H3. The van der Waals surface area contributed by atoms with Crippen LogP contribution in [0, 0.1) is 11.8 Å². The van der Waals surface area contributed by atoms with Gasteiger partial charge in [-0.05, 0) is 31.6 Å². The second-order valence-electron chi connectivity index (χ2n) is 7.10. The quantitative estimate of drug-likeness (QED) is 0.782. The van der Waals surface area contributed by atoms with Crippen LogP contribution in [0.5, 0.6) is 0 Å². The number of aliphatic hydroxyl groups excluding tert-OH is 1. The van der Waals surface area contributed by atoms with Gasteiger partial charge in [0.25, 0.3) is 0 Å². The van der Waals surface area contributed by atoms with Crippen molar-refractivity contribution in [3.8, 4) is 0 Å². The van der Waals surface area contributed by atoms with Gasteiger partial charge in [-0.1, -0.05) is 39.0 Å². The minimum Gasteiger partial charge on any atom is -0.395 e. The van der Waals surface area contributed by atoms with Gasteiger partial charge in [0, 0.05) is 31.5 Å². The lowest BCUT2D eigenvalue weighted by molar-refractivity contribution is -0.126. The van der Waals surface area contributed by atoms with Crippen molar-refractivity contribution >= 4 is 5.78 Å². The Morgan fingerprint density at radius 1 is 1.19 bits per heavy atom. The molecule has 0 aromatic heterocycles. The summed E-state index contributed by atoms with van der Waals surface area (Å²) in [6, 6.07) is 0.602. The number of hydrogen-bond donors (Lipinski definition) is 1. The zero-order valence-corrected chi connectivity index (χ0v) is 13.7. The molecule has 1 N–H and O–H groups in total. The van der Waals surface area contributed by atoms with Crippen LogP contribution in [-0.2, 0) is 4.79 Å². The van der Waals surface area contributed by atoms with Crippen molar-refractivity contribution in [2.45, 2.75) is 77.2 Å². The normalized spacial score (nSPS) is 28.2. The van der Waals surface area contributed by atoms with E-state index in [4.69, 9.17) is 0 Å². The average Bonchev–Trinajstić information content (AvgIpc) is 2.51. The van der Waals surface area contributed by atoms with E-state index in [1.54, 1.807) is 0 Å². The molecule has 3 nitrogen and oxygen atoms in total. The van der Waals surface area contributed by atoms with E-state index >= 15 is 0 Å². The molecule has 0 radical (unpaired) electrons. The second kappa shape index (κ2) is 8.89. The molecule has 2 unspecified atom stereocenters. The maximum absolute atomic E-state index is 12.3. The molecule has 2 rings (SSSR count). The fourth-order valence-electron chi connectivity index (χ4n) is 4.33. The maximum atomic E-state index is 12.3. The Balaban J connectivity index is 1.92. The molecular formula is C18H33NO2. The summed E-state index contributed by atoms with van der Waals surface area (Å²) >= 11 is 0. The highest BCUT2D eigenvalue weighted by molar-refractivity contribution is 5.82. The predicted molar refractivity (Wildman–Crippen MR) is 86.3 cm³/mol. The van der Waals surface area contributed by atoms with Crippen LogP contribution >= 0.6 is 0 Å². The van der Waals surface area contributed by atoms with Gasteiger partial charge in [0.2, 0.25) is 0 Å². The molecule has 0 spiro atoms. The van der Waals surface area contributed by atoms with Gasteiger partial charge in [0.1, 0.15) is 5.78 Å². The van der Waals surface area contributed by atoms with Gasteiger partial charge in [0.15, 0.2) is 0 Å². The number of carbonyl (C=O) groups is 1. The van der Waals surface area contributed by atoms with Crippen molar-refractivity contribution in [1.29, 1.82) is 0 Å². The molecule has 0 aliphatic heterocycles. The number of aliphatic hydroxyl groups is 1. The summed E-state index contributed by atoms with van der Waals surface area (Å²) in [5.74, 6) is 1.45. The van der Waals surface area contributed by atoms with Gasteiger partial charge < -0.3 is 5.11 Å². The molecule has 2 atom stereocenters. The van der Waals surface area contributed by atoms with Gasteiger partial charge in [-0.15, -0.1) is 0 Å². The zero-order chi connectivity index (χ0) is 15.1. The number of rotatable bonds is 7. The van der Waals surface area contributed by atoms with Crippen molar-refractivity contribution in [2.75, 3.05) is 19.7 Å². The summed E-state index contributed by atoms with van der Waals surface area (Å²) in [5, 5.41) is 9.37. The second-order valence-corrected chi connectivity index (χ2v) is 7.10. The zero-order valence-electron chi connectivity index (χ0n) is 13.7. The maximum Gasteiger partial charge on any atom is 0.137 e. The Labute approximate surface area is 130 Å². The summed E-state index contributed by atoms with van der Waals surface area (Å²) in [5.41, 5.74) is 0. The Hall–Kier alpha value is -0.410. The molecule has 2 aliphatic carbocycles. The molecular weight excluding hydrogens is 262 g/mol. The minimum atomic E-state index is 0.218. The van der Waals surface area contributed by atoms with Gasteiger partial charge in [-0.3, -0.25) is 9.69 Å². The molecule has 0 aromatic rings. The summed E-state index contributed by atoms with van der Waals surface area (Å²) in [7, 11) is 0. The first-order valence-corrected chi connectivity index (χ1v) is 9.12. The molecule has 0 amide bonds. The van der Waals surface area contributed by atoms with Crippen LogP contribution in [0.1, 0.15) is 71.1 Å². The van der Waals surface area contributed by atoms with Crippen LogP contribution in [0.25, 0.3) is 0 Å².